The van der Waals surface area contributed by atoms with Crippen LogP contribution in [0, 0.1) is 0 Å². The van der Waals surface area contributed by atoms with Gasteiger partial charge < -0.3 is 20.1 Å². The van der Waals surface area contributed by atoms with Crippen molar-refractivity contribution in [2.45, 2.75) is 6.54 Å². The molecule has 1 amide bonds. The molecule has 2 N–H and O–H groups in total. The molecule has 3 rings (SSSR count). The second kappa shape index (κ2) is 9.10. The molecule has 0 fully saturated rings. The Morgan fingerprint density at radius 1 is 1.04 bits per heavy atom. The molecule has 0 aliphatic carbocycles. The average Bonchev–Trinajstić information content (AvgIpc) is 2.73. The fraction of sp³-hybridized carbons (Fsp3) is 0.143. The molecule has 6 nitrogen and oxygen atoms in total. The fourth-order valence-electron chi connectivity index (χ4n) is 2.54. The maximum Gasteiger partial charge on any atom is 0.270 e. The third-order valence-electron chi connectivity index (χ3n) is 4.05. The van der Waals surface area contributed by atoms with Crippen molar-refractivity contribution in [2.24, 2.45) is 0 Å². The number of aromatic nitrogens is 1. The van der Waals surface area contributed by atoms with Crippen LogP contribution in [0.1, 0.15) is 16.1 Å². The van der Waals surface area contributed by atoms with Crippen molar-refractivity contribution in [3.8, 4) is 11.5 Å². The van der Waals surface area contributed by atoms with Gasteiger partial charge in [0.1, 0.15) is 17.2 Å². The topological polar surface area (TPSA) is 72.5 Å². The van der Waals surface area contributed by atoms with Crippen LogP contribution < -0.4 is 20.1 Å². The monoisotopic (exact) mass is 397 g/mol. The van der Waals surface area contributed by atoms with E-state index in [9.17, 15) is 4.79 Å². The van der Waals surface area contributed by atoms with Gasteiger partial charge in [-0.1, -0.05) is 23.7 Å². The Morgan fingerprint density at radius 2 is 1.82 bits per heavy atom. The number of methoxy groups -OCH3 is 2. The van der Waals surface area contributed by atoms with Gasteiger partial charge in [0.05, 0.1) is 31.8 Å². The van der Waals surface area contributed by atoms with Gasteiger partial charge in [-0.05, 0) is 42.0 Å². The third kappa shape index (κ3) is 4.92. The molecule has 0 saturated carbocycles. The number of nitrogens with zero attached hydrogens (tertiary/aromatic N) is 1. The van der Waals surface area contributed by atoms with Gasteiger partial charge in [-0.3, -0.25) is 4.79 Å². The number of ether oxygens (including phenoxy) is 2. The van der Waals surface area contributed by atoms with Crippen molar-refractivity contribution >= 4 is 28.9 Å². The predicted molar refractivity (Wildman–Crippen MR) is 110 cm³/mol. The molecular weight excluding hydrogens is 378 g/mol. The fourth-order valence-corrected chi connectivity index (χ4v) is 2.67. The highest BCUT2D eigenvalue weighted by atomic mass is 35.5. The van der Waals surface area contributed by atoms with Crippen LogP contribution in [0.5, 0.6) is 11.5 Å². The van der Waals surface area contributed by atoms with E-state index in [4.69, 9.17) is 21.1 Å². The van der Waals surface area contributed by atoms with Crippen LogP contribution in [-0.2, 0) is 6.54 Å². The summed E-state index contributed by atoms with van der Waals surface area (Å²) in [5.41, 5.74) is 2.75. The number of hydrogen-bond donors (Lipinski definition) is 2. The number of carbonyl (C=O) groups is 1. The first-order valence-corrected chi connectivity index (χ1v) is 8.94. The summed E-state index contributed by atoms with van der Waals surface area (Å²) in [6.45, 7) is 0.401. The van der Waals surface area contributed by atoms with Crippen molar-refractivity contribution in [2.75, 3.05) is 19.5 Å². The molecule has 0 bridgehead atoms. The summed E-state index contributed by atoms with van der Waals surface area (Å²) in [5, 5.41) is 6.71. The molecule has 1 aromatic heterocycles. The highest BCUT2D eigenvalue weighted by Crippen LogP contribution is 2.31. The number of pyridine rings is 1. The smallest absolute Gasteiger partial charge is 0.270 e. The first kappa shape index (κ1) is 19.5. The van der Waals surface area contributed by atoms with Crippen LogP contribution in [0.3, 0.4) is 0 Å². The van der Waals surface area contributed by atoms with Crippen molar-refractivity contribution < 1.29 is 14.3 Å². The zero-order valence-electron chi connectivity index (χ0n) is 15.5. The lowest BCUT2D eigenvalue weighted by Gasteiger charge is -2.12. The minimum atomic E-state index is -0.250. The van der Waals surface area contributed by atoms with Gasteiger partial charge in [0, 0.05) is 17.6 Å². The Kier molecular flexibility index (Phi) is 6.34. The number of halogens is 1. The minimum Gasteiger partial charge on any atom is -0.497 e. The number of nitrogens with one attached hydrogen (secondary N) is 2. The highest BCUT2D eigenvalue weighted by Gasteiger charge is 2.09. The Balaban J connectivity index is 1.64. The Morgan fingerprint density at radius 3 is 2.46 bits per heavy atom. The largest absolute Gasteiger partial charge is 0.497 e. The van der Waals surface area contributed by atoms with Gasteiger partial charge in [-0.15, -0.1) is 0 Å². The number of rotatable bonds is 7. The Labute approximate surface area is 168 Å². The van der Waals surface area contributed by atoms with Crippen LogP contribution in [-0.4, -0.2) is 25.1 Å². The van der Waals surface area contributed by atoms with Crippen molar-refractivity contribution in [1.29, 1.82) is 0 Å². The molecule has 0 saturated heterocycles. The molecule has 0 unspecified atom stereocenters. The molecular formula is C21H20ClN3O3. The highest BCUT2D eigenvalue weighted by molar-refractivity contribution is 6.30. The number of amides is 1. The molecule has 0 spiro atoms. The molecule has 0 atom stereocenters. The summed E-state index contributed by atoms with van der Waals surface area (Å²) in [6.07, 6.45) is 1.59. The maximum absolute atomic E-state index is 12.3. The molecule has 0 aliphatic heterocycles. The average molecular weight is 398 g/mol. The van der Waals surface area contributed by atoms with Gasteiger partial charge in [0.2, 0.25) is 0 Å². The molecule has 28 heavy (non-hydrogen) atoms. The summed E-state index contributed by atoms with van der Waals surface area (Å²) < 4.78 is 10.6. The van der Waals surface area contributed by atoms with E-state index in [2.05, 4.69) is 15.6 Å². The maximum atomic E-state index is 12.3. The first-order valence-electron chi connectivity index (χ1n) is 8.57. The zero-order valence-corrected chi connectivity index (χ0v) is 16.3. The molecule has 144 valence electrons. The molecule has 0 aliphatic rings. The normalized spacial score (nSPS) is 10.2. The van der Waals surface area contributed by atoms with E-state index in [1.54, 1.807) is 44.7 Å². The van der Waals surface area contributed by atoms with Gasteiger partial charge in [0.25, 0.3) is 5.91 Å². The van der Waals surface area contributed by atoms with E-state index < -0.39 is 0 Å². The van der Waals surface area contributed by atoms with Crippen LogP contribution in [0.4, 0.5) is 11.4 Å². The first-order chi connectivity index (χ1) is 13.6. The number of hydrogen-bond acceptors (Lipinski definition) is 5. The standard InChI is InChI=1S/C21H20ClN3O3/c1-27-17-8-10-20(28-2)19(11-17)25-16-7-9-18(23-13-16)21(26)24-12-14-3-5-15(22)6-4-14/h3-11,13,25H,12H2,1-2H3,(H,24,26). The summed E-state index contributed by atoms with van der Waals surface area (Å²) >= 11 is 5.86. The van der Waals surface area contributed by atoms with Gasteiger partial charge in [-0.2, -0.15) is 0 Å². The second-order valence-electron chi connectivity index (χ2n) is 5.93. The molecule has 7 heteroatoms. The lowest BCUT2D eigenvalue weighted by Crippen LogP contribution is -2.23. The van der Waals surface area contributed by atoms with Crippen molar-refractivity contribution in [1.82, 2.24) is 10.3 Å². The van der Waals surface area contributed by atoms with Crippen molar-refractivity contribution in [3.63, 3.8) is 0 Å². The van der Waals surface area contributed by atoms with Crippen molar-refractivity contribution in [3.05, 3.63) is 77.1 Å². The lowest BCUT2D eigenvalue weighted by atomic mass is 10.2. The van der Waals surface area contributed by atoms with E-state index in [1.165, 1.54) is 0 Å². The van der Waals surface area contributed by atoms with Gasteiger partial charge in [-0.25, -0.2) is 4.98 Å². The molecule has 1 heterocycles. The number of anilines is 2. The lowest BCUT2D eigenvalue weighted by molar-refractivity contribution is 0.0946. The second-order valence-corrected chi connectivity index (χ2v) is 6.37. The molecule has 0 radical (unpaired) electrons. The third-order valence-corrected chi connectivity index (χ3v) is 4.30. The quantitative estimate of drug-likeness (QED) is 0.617. The van der Waals surface area contributed by atoms with Crippen LogP contribution in [0.25, 0.3) is 0 Å². The molecule has 3 aromatic rings. The van der Waals surface area contributed by atoms with Gasteiger partial charge >= 0.3 is 0 Å². The van der Waals surface area contributed by atoms with Crippen LogP contribution in [0.15, 0.2) is 60.8 Å². The summed E-state index contributed by atoms with van der Waals surface area (Å²) in [4.78, 5) is 16.5. The number of carbonyl (C=O) groups excluding carboxylic acids is 1. The summed E-state index contributed by atoms with van der Waals surface area (Å²) in [7, 11) is 3.20. The molecule has 2 aromatic carbocycles. The SMILES string of the molecule is COc1ccc(OC)c(Nc2ccc(C(=O)NCc3ccc(Cl)cc3)nc2)c1. The van der Waals surface area contributed by atoms with E-state index in [-0.39, 0.29) is 5.91 Å². The Hall–Kier alpha value is -3.25. The summed E-state index contributed by atoms with van der Waals surface area (Å²) in [5.74, 6) is 1.13. The predicted octanol–water partition coefficient (Wildman–Crippen LogP) is 4.43. The zero-order chi connectivity index (χ0) is 19.9. The van der Waals surface area contributed by atoms with E-state index in [0.717, 1.165) is 16.9 Å². The van der Waals surface area contributed by atoms with E-state index in [0.29, 0.717) is 28.8 Å². The Bertz CT molecular complexity index is 944. The van der Waals surface area contributed by atoms with Crippen LogP contribution in [0.2, 0.25) is 5.02 Å². The van der Waals surface area contributed by atoms with E-state index >= 15 is 0 Å². The van der Waals surface area contributed by atoms with Gasteiger partial charge in [0.15, 0.2) is 0 Å². The van der Waals surface area contributed by atoms with E-state index in [1.807, 2.05) is 30.3 Å². The van der Waals surface area contributed by atoms with Crippen LogP contribution >= 0.6 is 11.6 Å². The minimum absolute atomic E-state index is 0.250. The summed E-state index contributed by atoms with van der Waals surface area (Å²) in [6, 6.07) is 16.2. The number of benzene rings is 2.